The van der Waals surface area contributed by atoms with E-state index in [9.17, 15) is 4.39 Å². The van der Waals surface area contributed by atoms with E-state index in [-0.39, 0.29) is 5.82 Å². The smallest absolute Gasteiger partial charge is 0.146 e. The Morgan fingerprint density at radius 1 is 1.29 bits per heavy atom. The topological polar surface area (TPSA) is 34.4 Å². The van der Waals surface area contributed by atoms with E-state index >= 15 is 0 Å². The predicted octanol–water partition coefficient (Wildman–Crippen LogP) is 4.05. The highest BCUT2D eigenvalue weighted by molar-refractivity contribution is 5.24. The number of aryl methyl sites for hydroxylation is 1. The molecule has 0 radical (unpaired) electrons. The molecule has 21 heavy (non-hydrogen) atoms. The minimum absolute atomic E-state index is 0.300. The minimum atomic E-state index is -0.304. The van der Waals surface area contributed by atoms with Gasteiger partial charge in [-0.1, -0.05) is 19.9 Å². The molecule has 0 bridgehead atoms. The summed E-state index contributed by atoms with van der Waals surface area (Å²) >= 11 is 0. The van der Waals surface area contributed by atoms with Gasteiger partial charge in [0.1, 0.15) is 29.7 Å². The summed E-state index contributed by atoms with van der Waals surface area (Å²) in [5.41, 5.74) is 1.13. The average Bonchev–Trinajstić information content (AvgIpc) is 2.77. The molecule has 1 heterocycles. The van der Waals surface area contributed by atoms with E-state index in [4.69, 9.17) is 9.15 Å². The van der Waals surface area contributed by atoms with Crippen molar-refractivity contribution >= 4 is 0 Å². The zero-order valence-electron chi connectivity index (χ0n) is 12.8. The van der Waals surface area contributed by atoms with Gasteiger partial charge in [-0.15, -0.1) is 0 Å². The van der Waals surface area contributed by atoms with Gasteiger partial charge in [0.15, 0.2) is 0 Å². The molecule has 3 nitrogen and oxygen atoms in total. The predicted molar refractivity (Wildman–Crippen MR) is 80.7 cm³/mol. The Morgan fingerprint density at radius 2 is 2.10 bits per heavy atom. The van der Waals surface area contributed by atoms with Crippen LogP contribution < -0.4 is 10.1 Å². The van der Waals surface area contributed by atoms with Gasteiger partial charge in [-0.3, -0.25) is 0 Å². The zero-order valence-corrected chi connectivity index (χ0v) is 12.8. The fourth-order valence-corrected chi connectivity index (χ4v) is 2.04. The van der Waals surface area contributed by atoms with Crippen LogP contribution in [0.15, 0.2) is 34.7 Å². The number of nitrogens with one attached hydrogen (secondary N) is 1. The summed E-state index contributed by atoms with van der Waals surface area (Å²) < 4.78 is 24.2. The lowest BCUT2D eigenvalue weighted by atomic mass is 10.2. The van der Waals surface area contributed by atoms with E-state index in [1.807, 2.05) is 13.0 Å². The molecule has 0 saturated heterocycles. The zero-order chi connectivity index (χ0) is 15.2. The maximum atomic E-state index is 13.1. The standard InChI is InChI=1S/C17H22FNO2/c1-12(2)9-19-10-14-7-17(21-13(14)3)11-20-16-6-4-5-15(18)8-16/h4-8,12,19H,9-11H2,1-3H3. The Kier molecular flexibility index (Phi) is 5.39. The molecule has 1 N–H and O–H groups in total. The van der Waals surface area contributed by atoms with Crippen molar-refractivity contribution in [3.05, 3.63) is 53.2 Å². The highest BCUT2D eigenvalue weighted by atomic mass is 19.1. The third kappa shape index (κ3) is 4.90. The van der Waals surface area contributed by atoms with Crippen molar-refractivity contribution in [3.63, 3.8) is 0 Å². The number of benzene rings is 1. The highest BCUT2D eigenvalue weighted by Crippen LogP contribution is 2.18. The normalized spacial score (nSPS) is 11.1. The molecule has 1 aromatic carbocycles. The van der Waals surface area contributed by atoms with Gasteiger partial charge in [0.25, 0.3) is 0 Å². The fraction of sp³-hybridized carbons (Fsp3) is 0.412. The number of halogens is 1. The number of rotatable bonds is 7. The Hall–Kier alpha value is -1.81. The Bertz CT molecular complexity index is 578. The molecule has 2 rings (SSSR count). The molecule has 1 aromatic heterocycles. The maximum Gasteiger partial charge on any atom is 0.146 e. The van der Waals surface area contributed by atoms with Crippen molar-refractivity contribution < 1.29 is 13.5 Å². The lowest BCUT2D eigenvalue weighted by Gasteiger charge is -2.05. The van der Waals surface area contributed by atoms with Crippen molar-refractivity contribution in [2.75, 3.05) is 6.54 Å². The molecule has 4 heteroatoms. The summed E-state index contributed by atoms with van der Waals surface area (Å²) in [6.07, 6.45) is 0. The molecule has 0 fully saturated rings. The summed E-state index contributed by atoms with van der Waals surface area (Å²) in [4.78, 5) is 0. The molecular weight excluding hydrogens is 269 g/mol. The first-order valence-corrected chi connectivity index (χ1v) is 7.22. The Balaban J connectivity index is 1.89. The molecule has 0 amide bonds. The first-order chi connectivity index (χ1) is 10.0. The van der Waals surface area contributed by atoms with Crippen LogP contribution in [0.3, 0.4) is 0 Å². The molecule has 0 aliphatic rings. The first-order valence-electron chi connectivity index (χ1n) is 7.22. The van der Waals surface area contributed by atoms with Crippen LogP contribution in [0.2, 0.25) is 0 Å². The number of furan rings is 1. The van der Waals surface area contributed by atoms with Gasteiger partial charge in [-0.05, 0) is 37.6 Å². The summed E-state index contributed by atoms with van der Waals surface area (Å²) in [6.45, 7) is 8.35. The highest BCUT2D eigenvalue weighted by Gasteiger charge is 2.08. The summed E-state index contributed by atoms with van der Waals surface area (Å²) in [7, 11) is 0. The van der Waals surface area contributed by atoms with Crippen LogP contribution in [-0.2, 0) is 13.2 Å². The molecule has 114 valence electrons. The largest absolute Gasteiger partial charge is 0.486 e. The maximum absolute atomic E-state index is 13.1. The van der Waals surface area contributed by atoms with Crippen LogP contribution in [0.1, 0.15) is 30.9 Å². The molecule has 0 atom stereocenters. The van der Waals surface area contributed by atoms with Gasteiger partial charge in [0, 0.05) is 18.2 Å². The molecular formula is C17H22FNO2. The molecule has 0 aliphatic heterocycles. The number of ether oxygens (including phenoxy) is 1. The van der Waals surface area contributed by atoms with Crippen LogP contribution in [0.5, 0.6) is 5.75 Å². The molecule has 0 unspecified atom stereocenters. The fourth-order valence-electron chi connectivity index (χ4n) is 2.04. The second-order valence-corrected chi connectivity index (χ2v) is 5.56. The van der Waals surface area contributed by atoms with Gasteiger partial charge in [0.05, 0.1) is 0 Å². The minimum Gasteiger partial charge on any atom is -0.486 e. The SMILES string of the molecule is Cc1oc(COc2cccc(F)c2)cc1CNCC(C)C. The van der Waals surface area contributed by atoms with Gasteiger partial charge >= 0.3 is 0 Å². The van der Waals surface area contributed by atoms with E-state index < -0.39 is 0 Å². The third-order valence-corrected chi connectivity index (χ3v) is 3.12. The Morgan fingerprint density at radius 3 is 2.81 bits per heavy atom. The van der Waals surface area contributed by atoms with E-state index in [1.54, 1.807) is 12.1 Å². The van der Waals surface area contributed by atoms with E-state index in [2.05, 4.69) is 19.2 Å². The van der Waals surface area contributed by atoms with Crippen LogP contribution in [0.4, 0.5) is 4.39 Å². The van der Waals surface area contributed by atoms with Crippen molar-refractivity contribution in [2.24, 2.45) is 5.92 Å². The van der Waals surface area contributed by atoms with Crippen LogP contribution in [0.25, 0.3) is 0 Å². The summed E-state index contributed by atoms with van der Waals surface area (Å²) in [6, 6.07) is 8.09. The van der Waals surface area contributed by atoms with Crippen LogP contribution >= 0.6 is 0 Å². The summed E-state index contributed by atoms with van der Waals surface area (Å²) in [5.74, 6) is 2.46. The van der Waals surface area contributed by atoms with Gasteiger partial charge in [0.2, 0.25) is 0 Å². The quantitative estimate of drug-likeness (QED) is 0.835. The molecule has 0 aliphatic carbocycles. The van der Waals surface area contributed by atoms with Crippen LogP contribution in [0, 0.1) is 18.7 Å². The molecule has 0 saturated carbocycles. The first kappa shape index (κ1) is 15.6. The van der Waals surface area contributed by atoms with Crippen molar-refractivity contribution in [2.45, 2.75) is 33.9 Å². The monoisotopic (exact) mass is 291 g/mol. The van der Waals surface area contributed by atoms with E-state index in [1.165, 1.54) is 12.1 Å². The van der Waals surface area contributed by atoms with Crippen LogP contribution in [-0.4, -0.2) is 6.54 Å². The van der Waals surface area contributed by atoms with Crippen molar-refractivity contribution in [1.29, 1.82) is 0 Å². The molecule has 2 aromatic rings. The number of hydrogen-bond donors (Lipinski definition) is 1. The average molecular weight is 291 g/mol. The van der Waals surface area contributed by atoms with Gasteiger partial charge in [-0.2, -0.15) is 0 Å². The van der Waals surface area contributed by atoms with E-state index in [0.717, 1.165) is 30.2 Å². The second kappa shape index (κ2) is 7.27. The molecule has 0 spiro atoms. The second-order valence-electron chi connectivity index (χ2n) is 5.56. The van der Waals surface area contributed by atoms with Gasteiger partial charge in [-0.25, -0.2) is 4.39 Å². The van der Waals surface area contributed by atoms with Crippen molar-refractivity contribution in [3.8, 4) is 5.75 Å². The lowest BCUT2D eigenvalue weighted by molar-refractivity contribution is 0.266. The van der Waals surface area contributed by atoms with Gasteiger partial charge < -0.3 is 14.5 Å². The third-order valence-electron chi connectivity index (χ3n) is 3.12. The summed E-state index contributed by atoms with van der Waals surface area (Å²) in [5, 5.41) is 3.39. The number of hydrogen-bond acceptors (Lipinski definition) is 3. The van der Waals surface area contributed by atoms with E-state index in [0.29, 0.717) is 18.3 Å². The van der Waals surface area contributed by atoms with Crippen molar-refractivity contribution in [1.82, 2.24) is 5.32 Å². The lowest BCUT2D eigenvalue weighted by Crippen LogP contribution is -2.18. The Labute approximate surface area is 125 Å².